The van der Waals surface area contributed by atoms with Crippen molar-refractivity contribution in [1.29, 1.82) is 0 Å². The average molecular weight is 513 g/mol. The molecule has 1 spiro atoms. The monoisotopic (exact) mass is 512 g/mol. The molecule has 2 aromatic carbocycles. The first-order valence-electron chi connectivity index (χ1n) is 14.0. The van der Waals surface area contributed by atoms with Crippen LogP contribution in [-0.2, 0) is 16.6 Å². The summed E-state index contributed by atoms with van der Waals surface area (Å²) in [5.74, 6) is 6.97. The fourth-order valence-corrected chi connectivity index (χ4v) is 8.55. The van der Waals surface area contributed by atoms with Gasteiger partial charge in [-0.3, -0.25) is 9.69 Å². The van der Waals surface area contributed by atoms with Crippen LogP contribution in [0.3, 0.4) is 0 Å². The number of ether oxygens (including phenoxy) is 1. The number of aliphatic hydroxyl groups is 1. The van der Waals surface area contributed by atoms with Crippen LogP contribution >= 0.6 is 0 Å². The maximum Gasteiger partial charge on any atom is 0.298 e. The van der Waals surface area contributed by atoms with Crippen molar-refractivity contribution in [1.82, 2.24) is 9.80 Å². The molecule has 3 aliphatic carbocycles. The van der Waals surface area contributed by atoms with Crippen LogP contribution in [0.4, 0.5) is 0 Å². The van der Waals surface area contributed by atoms with E-state index < -0.39 is 16.6 Å². The smallest absolute Gasteiger partial charge is 0.298 e. The number of hydrogen-bond donors (Lipinski definition) is 2. The highest BCUT2D eigenvalue weighted by Crippen LogP contribution is 2.69. The van der Waals surface area contributed by atoms with E-state index in [0.29, 0.717) is 18.6 Å². The van der Waals surface area contributed by atoms with Gasteiger partial charge in [-0.15, -0.1) is 0 Å². The summed E-state index contributed by atoms with van der Waals surface area (Å²) < 4.78 is 6.78. The van der Waals surface area contributed by atoms with Crippen LogP contribution in [0.5, 0.6) is 11.5 Å². The van der Waals surface area contributed by atoms with Crippen LogP contribution < -0.4 is 4.74 Å². The van der Waals surface area contributed by atoms with Crippen molar-refractivity contribution in [3.05, 3.63) is 58.7 Å². The Labute approximate surface area is 224 Å². The summed E-state index contributed by atoms with van der Waals surface area (Å²) >= 11 is 0. The quantitative estimate of drug-likeness (QED) is 0.616. The molecule has 0 radical (unpaired) electrons. The highest BCUT2D eigenvalue weighted by molar-refractivity contribution is 5.94. The van der Waals surface area contributed by atoms with Crippen LogP contribution in [0.1, 0.15) is 61.3 Å². The van der Waals surface area contributed by atoms with Crippen molar-refractivity contribution in [3.63, 3.8) is 0 Å². The summed E-state index contributed by atoms with van der Waals surface area (Å²) in [7, 11) is 1.81. The Morgan fingerprint density at radius 1 is 1.21 bits per heavy atom. The van der Waals surface area contributed by atoms with Gasteiger partial charge in [-0.05, 0) is 94.2 Å². The first-order chi connectivity index (χ1) is 18.2. The van der Waals surface area contributed by atoms with Crippen LogP contribution in [0.15, 0.2) is 36.4 Å². The predicted octanol–water partition coefficient (Wildman–Crippen LogP) is 3.53. The van der Waals surface area contributed by atoms with Gasteiger partial charge in [0.25, 0.3) is 5.91 Å². The second kappa shape index (κ2) is 8.00. The zero-order valence-electron chi connectivity index (χ0n) is 22.5. The molecule has 7 rings (SSSR count). The number of phenols is 1. The summed E-state index contributed by atoms with van der Waals surface area (Å²) in [6.45, 7) is 5.99. The Bertz CT molecular complexity index is 1410. The molecule has 2 heterocycles. The molecule has 5 aliphatic rings. The van der Waals surface area contributed by atoms with Gasteiger partial charge in [-0.25, -0.2) is 0 Å². The van der Waals surface area contributed by atoms with E-state index in [1.807, 2.05) is 37.3 Å². The van der Waals surface area contributed by atoms with Crippen LogP contribution in [0, 0.1) is 24.7 Å². The summed E-state index contributed by atoms with van der Waals surface area (Å²) in [6.07, 6.45) is 5.25. The first-order valence-corrected chi connectivity index (χ1v) is 14.0. The second-order valence-electron chi connectivity index (χ2n) is 12.5. The number of amides is 1. The molecule has 6 heteroatoms. The molecule has 3 fully saturated rings. The van der Waals surface area contributed by atoms with E-state index in [9.17, 15) is 15.0 Å². The minimum absolute atomic E-state index is 0.00541. The third kappa shape index (κ3) is 3.06. The normalized spacial score (nSPS) is 34.5. The molecule has 1 amide bonds. The fraction of sp³-hybridized carbons (Fsp3) is 0.531. The Kier molecular flexibility index (Phi) is 5.07. The molecule has 2 bridgehead atoms. The van der Waals surface area contributed by atoms with Crippen molar-refractivity contribution < 1.29 is 19.7 Å². The number of benzene rings is 2. The highest BCUT2D eigenvalue weighted by atomic mass is 16.5. The minimum atomic E-state index is -0.992. The molecule has 198 valence electrons. The number of likely N-dealkylation sites (N-methyl/N-ethyl adjacent to an activating group) is 1. The standard InChI is InChI=1S/C32H36N2O4/c1-20-5-4-6-21(17-20)9-12-27(36)33(3)25-13-14-32(37)26-18-23-10-11-24(35)29-28(23)31(32,30(25,2)38-29)15-16-34(26)19-22-7-8-22/h4-6,10-11,17,22,25-26,35,37H,7-8,13-16,18-19H2,1-3H3/t25-,26+,30-,31-,32+/m0/s1. The largest absolute Gasteiger partial charge is 0.504 e. The maximum atomic E-state index is 13.4. The van der Waals surface area contributed by atoms with Gasteiger partial charge in [0.1, 0.15) is 5.60 Å². The maximum absolute atomic E-state index is 13.4. The van der Waals surface area contributed by atoms with E-state index in [4.69, 9.17) is 4.74 Å². The summed E-state index contributed by atoms with van der Waals surface area (Å²) in [5.41, 5.74) is 1.46. The number of aryl methyl sites for hydroxylation is 1. The van der Waals surface area contributed by atoms with Crippen molar-refractivity contribution in [2.45, 2.75) is 81.1 Å². The number of nitrogens with zero attached hydrogens (tertiary/aromatic N) is 2. The lowest BCUT2D eigenvalue weighted by molar-refractivity contribution is -0.229. The minimum Gasteiger partial charge on any atom is -0.504 e. The molecular weight excluding hydrogens is 476 g/mol. The van der Waals surface area contributed by atoms with Gasteiger partial charge in [-0.2, -0.15) is 0 Å². The number of carbonyl (C=O) groups excluding carboxylic acids is 1. The molecular formula is C32H36N2O4. The number of aromatic hydroxyl groups is 1. The zero-order valence-corrected chi connectivity index (χ0v) is 22.5. The molecule has 0 unspecified atom stereocenters. The summed E-state index contributed by atoms with van der Waals surface area (Å²) in [5, 5.41) is 23.7. The molecule has 38 heavy (non-hydrogen) atoms. The molecule has 2 aromatic rings. The number of piperidine rings is 1. The van der Waals surface area contributed by atoms with E-state index in [1.165, 1.54) is 12.8 Å². The third-order valence-corrected chi connectivity index (χ3v) is 10.5. The third-order valence-electron chi connectivity index (χ3n) is 10.5. The lowest BCUT2D eigenvalue weighted by Crippen LogP contribution is -2.82. The molecule has 6 nitrogen and oxygen atoms in total. The van der Waals surface area contributed by atoms with Gasteiger partial charge >= 0.3 is 0 Å². The van der Waals surface area contributed by atoms with E-state index in [0.717, 1.165) is 54.1 Å². The van der Waals surface area contributed by atoms with Gasteiger partial charge in [-0.1, -0.05) is 24.1 Å². The van der Waals surface area contributed by atoms with Gasteiger partial charge in [0.2, 0.25) is 0 Å². The lowest BCUT2D eigenvalue weighted by atomic mass is 9.44. The van der Waals surface area contributed by atoms with Crippen LogP contribution in [0.25, 0.3) is 0 Å². The Balaban J connectivity index is 1.30. The lowest BCUT2D eigenvalue weighted by Gasteiger charge is -2.67. The molecule has 2 N–H and O–H groups in total. The van der Waals surface area contributed by atoms with Gasteiger partial charge in [0.15, 0.2) is 11.5 Å². The van der Waals surface area contributed by atoms with Gasteiger partial charge in [0, 0.05) is 36.7 Å². The van der Waals surface area contributed by atoms with Crippen molar-refractivity contribution in [3.8, 4) is 23.3 Å². The predicted molar refractivity (Wildman–Crippen MR) is 144 cm³/mol. The van der Waals surface area contributed by atoms with Gasteiger partial charge in [0.05, 0.1) is 17.1 Å². The van der Waals surface area contributed by atoms with Gasteiger partial charge < -0.3 is 19.8 Å². The topological polar surface area (TPSA) is 73.2 Å². The Morgan fingerprint density at radius 3 is 2.79 bits per heavy atom. The van der Waals surface area contributed by atoms with Crippen molar-refractivity contribution >= 4 is 5.91 Å². The number of rotatable bonds is 3. The molecule has 2 aliphatic heterocycles. The molecule has 5 atom stereocenters. The van der Waals surface area contributed by atoms with E-state index in [1.54, 1.807) is 18.0 Å². The van der Waals surface area contributed by atoms with Crippen LogP contribution in [0.2, 0.25) is 0 Å². The van der Waals surface area contributed by atoms with Crippen molar-refractivity contribution in [2.24, 2.45) is 5.92 Å². The molecule has 0 aromatic heterocycles. The van der Waals surface area contributed by atoms with E-state index in [-0.39, 0.29) is 23.7 Å². The van der Waals surface area contributed by atoms with E-state index in [2.05, 4.69) is 23.7 Å². The van der Waals surface area contributed by atoms with Crippen LogP contribution in [-0.4, -0.2) is 69.3 Å². The summed E-state index contributed by atoms with van der Waals surface area (Å²) in [4.78, 5) is 17.7. The number of likely N-dealkylation sites (tertiary alicyclic amines) is 1. The first kappa shape index (κ1) is 24.1. The number of hydrogen-bond acceptors (Lipinski definition) is 5. The number of carbonyl (C=O) groups is 1. The second-order valence-corrected chi connectivity index (χ2v) is 12.5. The fourth-order valence-electron chi connectivity index (χ4n) is 8.55. The Morgan fingerprint density at radius 2 is 2.03 bits per heavy atom. The molecule has 2 saturated carbocycles. The molecule has 1 saturated heterocycles. The Hall–Kier alpha value is -3.01. The number of phenolic OH excluding ortho intramolecular Hbond substituents is 1. The average Bonchev–Trinajstić information content (AvgIpc) is 3.65. The van der Waals surface area contributed by atoms with E-state index >= 15 is 0 Å². The SMILES string of the molecule is Cc1cccc(C#CC(=O)N(C)[C@H]2CC[C@@]3(O)[C@H]4Cc5ccc(O)c6c5[C@@]3(CCN4CC3CC3)[C@@]2(C)O6)c1. The highest BCUT2D eigenvalue weighted by Gasteiger charge is 2.78. The van der Waals surface area contributed by atoms with Crippen molar-refractivity contribution in [2.75, 3.05) is 20.1 Å². The zero-order chi connectivity index (χ0) is 26.4. The summed E-state index contributed by atoms with van der Waals surface area (Å²) in [6, 6.07) is 11.3.